The van der Waals surface area contributed by atoms with Gasteiger partial charge in [0.05, 0.1) is 4.90 Å². The van der Waals surface area contributed by atoms with Crippen molar-refractivity contribution in [2.24, 2.45) is 10.9 Å². The van der Waals surface area contributed by atoms with Crippen molar-refractivity contribution >= 4 is 10.0 Å². The summed E-state index contributed by atoms with van der Waals surface area (Å²) in [4.78, 5) is 0.180. The van der Waals surface area contributed by atoms with Crippen molar-refractivity contribution in [3.8, 4) is 0 Å². The maximum Gasteiger partial charge on any atom is 0.238 e. The minimum absolute atomic E-state index is 0.00882. The summed E-state index contributed by atoms with van der Waals surface area (Å²) in [6, 6.07) is 6.66. The molecule has 4 N–H and O–H groups in total. The van der Waals surface area contributed by atoms with E-state index in [0.717, 1.165) is 6.42 Å². The van der Waals surface area contributed by atoms with Crippen LogP contribution >= 0.6 is 0 Å². The predicted molar refractivity (Wildman–Crippen MR) is 64.5 cm³/mol. The molecule has 0 aromatic heterocycles. The van der Waals surface area contributed by atoms with Crippen LogP contribution in [0.4, 0.5) is 0 Å². The Morgan fingerprint density at radius 3 is 2.31 bits per heavy atom. The molecular weight excluding hydrogens is 224 g/mol. The summed E-state index contributed by atoms with van der Waals surface area (Å²) in [5.41, 5.74) is 6.57. The molecule has 2 unspecified atom stereocenters. The fourth-order valence-corrected chi connectivity index (χ4v) is 2.74. The fourth-order valence-electron chi connectivity index (χ4n) is 1.92. The molecule has 0 saturated carbocycles. The average molecular weight is 242 g/mol. The zero-order valence-electron chi connectivity index (χ0n) is 9.55. The minimum Gasteiger partial charge on any atom is -0.327 e. The van der Waals surface area contributed by atoms with Gasteiger partial charge in [0.15, 0.2) is 0 Å². The van der Waals surface area contributed by atoms with Crippen LogP contribution in [0.25, 0.3) is 0 Å². The summed E-state index contributed by atoms with van der Waals surface area (Å²) >= 11 is 0. The Kier molecular flexibility index (Phi) is 4.07. The van der Waals surface area contributed by atoms with E-state index in [1.54, 1.807) is 18.2 Å². The van der Waals surface area contributed by atoms with Gasteiger partial charge in [-0.2, -0.15) is 0 Å². The highest BCUT2D eigenvalue weighted by molar-refractivity contribution is 7.89. The van der Waals surface area contributed by atoms with E-state index in [-0.39, 0.29) is 16.9 Å². The van der Waals surface area contributed by atoms with Crippen LogP contribution in [0.15, 0.2) is 29.2 Å². The SMILES string of the molecule is CCC(c1ccccc1S(N)(=O)=O)C(C)N. The maximum atomic E-state index is 11.4. The second-order valence-electron chi connectivity index (χ2n) is 3.96. The standard InChI is InChI=1S/C11H18N2O2S/c1-3-9(8(2)12)10-6-4-5-7-11(10)16(13,14)15/h4-9H,3,12H2,1-2H3,(H2,13,14,15). The van der Waals surface area contributed by atoms with Gasteiger partial charge in [-0.1, -0.05) is 25.1 Å². The molecule has 0 fully saturated rings. The van der Waals surface area contributed by atoms with Crippen molar-refractivity contribution < 1.29 is 8.42 Å². The number of rotatable bonds is 4. The van der Waals surface area contributed by atoms with Gasteiger partial charge in [0, 0.05) is 6.04 Å². The summed E-state index contributed by atoms with van der Waals surface area (Å²) in [5.74, 6) is 0.00882. The van der Waals surface area contributed by atoms with Gasteiger partial charge < -0.3 is 5.73 Å². The molecule has 16 heavy (non-hydrogen) atoms. The van der Waals surface area contributed by atoms with Crippen LogP contribution in [0.3, 0.4) is 0 Å². The molecule has 1 rings (SSSR count). The van der Waals surface area contributed by atoms with Gasteiger partial charge in [-0.3, -0.25) is 0 Å². The van der Waals surface area contributed by atoms with Crippen molar-refractivity contribution in [2.75, 3.05) is 0 Å². The molecule has 4 nitrogen and oxygen atoms in total. The van der Waals surface area contributed by atoms with E-state index in [1.165, 1.54) is 6.07 Å². The van der Waals surface area contributed by atoms with Crippen LogP contribution in [0.1, 0.15) is 31.7 Å². The second-order valence-corrected chi connectivity index (χ2v) is 5.49. The number of hydrogen-bond donors (Lipinski definition) is 2. The first kappa shape index (κ1) is 13.2. The molecule has 0 bridgehead atoms. The highest BCUT2D eigenvalue weighted by atomic mass is 32.2. The number of benzene rings is 1. The Bertz CT molecular complexity index is 455. The monoisotopic (exact) mass is 242 g/mol. The molecular formula is C11H18N2O2S. The van der Waals surface area contributed by atoms with E-state index in [0.29, 0.717) is 5.56 Å². The van der Waals surface area contributed by atoms with Gasteiger partial charge in [0.1, 0.15) is 0 Å². The molecule has 1 aromatic carbocycles. The van der Waals surface area contributed by atoms with Crippen LogP contribution in [0, 0.1) is 0 Å². The molecule has 0 aliphatic rings. The lowest BCUT2D eigenvalue weighted by molar-refractivity contribution is 0.540. The Morgan fingerprint density at radius 2 is 1.88 bits per heavy atom. The van der Waals surface area contributed by atoms with Crippen molar-refractivity contribution in [2.45, 2.75) is 37.1 Å². The van der Waals surface area contributed by atoms with E-state index in [9.17, 15) is 8.42 Å². The van der Waals surface area contributed by atoms with Crippen molar-refractivity contribution in [1.29, 1.82) is 0 Å². The Labute approximate surface area is 96.7 Å². The first-order valence-electron chi connectivity index (χ1n) is 5.25. The first-order valence-corrected chi connectivity index (χ1v) is 6.79. The molecule has 0 heterocycles. The molecule has 0 saturated heterocycles. The Hall–Kier alpha value is -0.910. The van der Waals surface area contributed by atoms with E-state index in [1.807, 2.05) is 13.8 Å². The number of hydrogen-bond acceptors (Lipinski definition) is 3. The zero-order valence-corrected chi connectivity index (χ0v) is 10.4. The summed E-state index contributed by atoms with van der Waals surface area (Å²) in [5, 5.41) is 5.18. The summed E-state index contributed by atoms with van der Waals surface area (Å²) in [7, 11) is -3.68. The Balaban J connectivity index is 3.33. The van der Waals surface area contributed by atoms with Gasteiger partial charge in [0.25, 0.3) is 0 Å². The number of primary sulfonamides is 1. The third-order valence-corrected chi connectivity index (χ3v) is 3.68. The van der Waals surface area contributed by atoms with E-state index >= 15 is 0 Å². The lowest BCUT2D eigenvalue weighted by atomic mass is 9.90. The minimum atomic E-state index is -3.68. The molecule has 5 heteroatoms. The second kappa shape index (κ2) is 4.95. The van der Waals surface area contributed by atoms with Gasteiger partial charge in [0.2, 0.25) is 10.0 Å². The Morgan fingerprint density at radius 1 is 1.31 bits per heavy atom. The van der Waals surface area contributed by atoms with Crippen LogP contribution in [-0.4, -0.2) is 14.5 Å². The molecule has 90 valence electrons. The van der Waals surface area contributed by atoms with Crippen LogP contribution in [0.5, 0.6) is 0 Å². The molecule has 0 aliphatic heterocycles. The topological polar surface area (TPSA) is 86.2 Å². The van der Waals surface area contributed by atoms with Crippen molar-refractivity contribution in [3.05, 3.63) is 29.8 Å². The van der Waals surface area contributed by atoms with Crippen molar-refractivity contribution in [1.82, 2.24) is 0 Å². The lowest BCUT2D eigenvalue weighted by Crippen LogP contribution is -2.26. The van der Waals surface area contributed by atoms with Crippen molar-refractivity contribution in [3.63, 3.8) is 0 Å². The molecule has 0 aliphatic carbocycles. The van der Waals surface area contributed by atoms with Crippen LogP contribution in [-0.2, 0) is 10.0 Å². The number of nitrogens with two attached hydrogens (primary N) is 2. The number of sulfonamides is 1. The predicted octanol–water partition coefficient (Wildman–Crippen LogP) is 1.17. The van der Waals surface area contributed by atoms with E-state index in [2.05, 4.69) is 0 Å². The summed E-state index contributed by atoms with van der Waals surface area (Å²) < 4.78 is 22.9. The van der Waals surface area contributed by atoms with Gasteiger partial charge in [-0.15, -0.1) is 0 Å². The summed E-state index contributed by atoms with van der Waals surface area (Å²) in [6.45, 7) is 3.85. The molecule has 2 atom stereocenters. The fraction of sp³-hybridized carbons (Fsp3) is 0.455. The molecule has 1 aromatic rings. The van der Waals surface area contributed by atoms with Gasteiger partial charge >= 0.3 is 0 Å². The van der Waals surface area contributed by atoms with Crippen LogP contribution in [0.2, 0.25) is 0 Å². The highest BCUT2D eigenvalue weighted by Crippen LogP contribution is 2.27. The van der Waals surface area contributed by atoms with E-state index < -0.39 is 10.0 Å². The third-order valence-electron chi connectivity index (χ3n) is 2.70. The average Bonchev–Trinajstić information content (AvgIpc) is 2.17. The lowest BCUT2D eigenvalue weighted by Gasteiger charge is -2.21. The largest absolute Gasteiger partial charge is 0.327 e. The molecule has 0 amide bonds. The zero-order chi connectivity index (χ0) is 12.3. The molecule has 0 spiro atoms. The highest BCUT2D eigenvalue weighted by Gasteiger charge is 2.21. The van der Waals surface area contributed by atoms with E-state index in [4.69, 9.17) is 10.9 Å². The van der Waals surface area contributed by atoms with Crippen LogP contribution < -0.4 is 10.9 Å². The molecule has 0 radical (unpaired) electrons. The third kappa shape index (κ3) is 2.81. The van der Waals surface area contributed by atoms with Gasteiger partial charge in [-0.05, 0) is 30.9 Å². The smallest absolute Gasteiger partial charge is 0.238 e. The maximum absolute atomic E-state index is 11.4. The normalized spacial score (nSPS) is 15.8. The first-order chi connectivity index (χ1) is 7.38. The van der Waals surface area contributed by atoms with Gasteiger partial charge in [-0.25, -0.2) is 13.6 Å². The quantitative estimate of drug-likeness (QED) is 0.831. The summed E-state index contributed by atoms with van der Waals surface area (Å²) in [6.07, 6.45) is 0.782.